The Morgan fingerprint density at radius 1 is 1.26 bits per heavy atom. The van der Waals surface area contributed by atoms with Gasteiger partial charge in [-0.05, 0) is 53.4 Å². The van der Waals surface area contributed by atoms with Crippen molar-refractivity contribution in [1.29, 1.82) is 0 Å². The van der Waals surface area contributed by atoms with Crippen LogP contribution in [0.4, 0.5) is 0 Å². The van der Waals surface area contributed by atoms with E-state index in [9.17, 15) is 8.42 Å². The molecular weight excluding hydrogens is 332 g/mol. The van der Waals surface area contributed by atoms with Crippen LogP contribution in [0.1, 0.15) is 25.7 Å². The van der Waals surface area contributed by atoms with Gasteiger partial charge in [0.2, 0.25) is 5.03 Å². The smallest absolute Gasteiger partial charge is 0.235 e. The Morgan fingerprint density at radius 3 is 2.16 bits per heavy atom. The van der Waals surface area contributed by atoms with Gasteiger partial charge in [0.05, 0.1) is 0 Å². The number of sulfonamides is 1. The van der Waals surface area contributed by atoms with E-state index in [1.165, 1.54) is 4.68 Å². The average molecular weight is 349 g/mol. The van der Waals surface area contributed by atoms with Gasteiger partial charge in [0, 0.05) is 20.1 Å². The molecule has 0 bridgehead atoms. The molecule has 2 aliphatic rings. The zero-order chi connectivity index (χ0) is 13.6. The first-order valence-corrected chi connectivity index (χ1v) is 8.77. The molecular formula is C11H17BrN4O2S. The number of aryl methyl sites for hydroxylation is 1. The number of hydrogen-bond acceptors (Lipinski definition) is 4. The second-order valence-corrected chi connectivity index (χ2v) is 8.12. The van der Waals surface area contributed by atoms with Crippen LogP contribution in [0.25, 0.3) is 0 Å². The Bertz CT molecular complexity index is 544. The van der Waals surface area contributed by atoms with Crippen LogP contribution in [0.3, 0.4) is 0 Å². The Balaban J connectivity index is 1.89. The van der Waals surface area contributed by atoms with E-state index in [1.807, 2.05) is 0 Å². The summed E-state index contributed by atoms with van der Waals surface area (Å²) in [6.45, 7) is 1.27. The first kappa shape index (κ1) is 13.5. The molecule has 0 amide bonds. The zero-order valence-electron chi connectivity index (χ0n) is 10.8. The Morgan fingerprint density at radius 2 is 1.79 bits per heavy atom. The Labute approximate surface area is 121 Å². The summed E-state index contributed by atoms with van der Waals surface area (Å²) in [6.07, 6.45) is 4.56. The summed E-state index contributed by atoms with van der Waals surface area (Å²) in [6, 6.07) is 0. The number of halogens is 1. The van der Waals surface area contributed by atoms with E-state index in [4.69, 9.17) is 0 Å². The summed E-state index contributed by atoms with van der Waals surface area (Å²) in [5.74, 6) is 1.07. The molecule has 0 unspecified atom stereocenters. The Kier molecular flexibility index (Phi) is 3.43. The third-order valence-corrected chi connectivity index (χ3v) is 6.36. The molecule has 19 heavy (non-hydrogen) atoms. The van der Waals surface area contributed by atoms with Crippen LogP contribution in [0.2, 0.25) is 0 Å². The van der Waals surface area contributed by atoms with Crippen LogP contribution >= 0.6 is 15.9 Å². The second-order valence-electron chi connectivity index (χ2n) is 5.52. The summed E-state index contributed by atoms with van der Waals surface area (Å²) in [4.78, 5) is 0. The minimum atomic E-state index is -3.50. The van der Waals surface area contributed by atoms with Crippen LogP contribution in [0, 0.1) is 11.8 Å². The predicted molar refractivity (Wildman–Crippen MR) is 72.9 cm³/mol. The minimum absolute atomic E-state index is 0.161. The van der Waals surface area contributed by atoms with Crippen LogP contribution < -0.4 is 0 Å². The number of aromatic nitrogens is 3. The fourth-order valence-electron chi connectivity index (χ4n) is 2.17. The molecule has 8 heteroatoms. The van der Waals surface area contributed by atoms with Gasteiger partial charge >= 0.3 is 0 Å². The van der Waals surface area contributed by atoms with Gasteiger partial charge in [-0.2, -0.15) is 4.31 Å². The van der Waals surface area contributed by atoms with Crippen molar-refractivity contribution in [3.8, 4) is 0 Å². The molecule has 1 heterocycles. The molecule has 0 radical (unpaired) electrons. The molecule has 3 rings (SSSR count). The quantitative estimate of drug-likeness (QED) is 0.778. The van der Waals surface area contributed by atoms with Gasteiger partial charge in [0.1, 0.15) is 0 Å². The van der Waals surface area contributed by atoms with E-state index in [2.05, 4.69) is 26.2 Å². The van der Waals surface area contributed by atoms with E-state index in [0.29, 0.717) is 29.5 Å². The zero-order valence-corrected chi connectivity index (χ0v) is 13.2. The third kappa shape index (κ3) is 2.85. The first-order chi connectivity index (χ1) is 8.98. The van der Waals surface area contributed by atoms with E-state index >= 15 is 0 Å². The van der Waals surface area contributed by atoms with Gasteiger partial charge < -0.3 is 0 Å². The monoisotopic (exact) mass is 348 g/mol. The minimum Gasteiger partial charge on any atom is -0.235 e. The third-order valence-electron chi connectivity index (χ3n) is 3.64. The molecule has 1 aromatic heterocycles. The molecule has 106 valence electrons. The lowest BCUT2D eigenvalue weighted by molar-refractivity contribution is 0.377. The molecule has 0 atom stereocenters. The van der Waals surface area contributed by atoms with E-state index in [0.717, 1.165) is 25.7 Å². The summed E-state index contributed by atoms with van der Waals surface area (Å²) in [7, 11) is -1.90. The molecule has 0 aliphatic heterocycles. The largest absolute Gasteiger partial charge is 0.263 e. The first-order valence-electron chi connectivity index (χ1n) is 6.54. The van der Waals surface area contributed by atoms with Crippen molar-refractivity contribution in [3.05, 3.63) is 4.60 Å². The average Bonchev–Trinajstić information content (AvgIpc) is 3.21. The van der Waals surface area contributed by atoms with Gasteiger partial charge in [-0.3, -0.25) is 0 Å². The maximum Gasteiger partial charge on any atom is 0.263 e. The van der Waals surface area contributed by atoms with Crippen LogP contribution in [-0.2, 0) is 17.1 Å². The Hall–Kier alpha value is -0.470. The molecule has 1 aromatic rings. The SMILES string of the molecule is Cn1nnc(Br)c1S(=O)(=O)N(CC1CC1)CC1CC1. The van der Waals surface area contributed by atoms with E-state index in [-0.39, 0.29) is 5.03 Å². The van der Waals surface area contributed by atoms with Crippen molar-refractivity contribution in [2.45, 2.75) is 30.7 Å². The molecule has 0 saturated heterocycles. The highest BCUT2D eigenvalue weighted by Gasteiger charge is 2.38. The lowest BCUT2D eigenvalue weighted by Gasteiger charge is -2.21. The topological polar surface area (TPSA) is 68.1 Å². The maximum absolute atomic E-state index is 12.8. The molecule has 2 saturated carbocycles. The van der Waals surface area contributed by atoms with Crippen molar-refractivity contribution in [3.63, 3.8) is 0 Å². The highest BCUT2D eigenvalue weighted by molar-refractivity contribution is 9.10. The van der Waals surface area contributed by atoms with Gasteiger partial charge in [0.15, 0.2) is 4.60 Å². The highest BCUT2D eigenvalue weighted by Crippen LogP contribution is 2.36. The summed E-state index contributed by atoms with van der Waals surface area (Å²) < 4.78 is 28.8. The second kappa shape index (κ2) is 4.82. The molecule has 0 spiro atoms. The van der Waals surface area contributed by atoms with Crippen LogP contribution in [0.15, 0.2) is 9.63 Å². The molecule has 2 aliphatic carbocycles. The van der Waals surface area contributed by atoms with Gasteiger partial charge in [-0.25, -0.2) is 13.1 Å². The lowest BCUT2D eigenvalue weighted by Crippen LogP contribution is -2.36. The fraction of sp³-hybridized carbons (Fsp3) is 0.818. The predicted octanol–water partition coefficient (Wildman–Crippen LogP) is 1.39. The molecule has 6 nitrogen and oxygen atoms in total. The van der Waals surface area contributed by atoms with Gasteiger partial charge in [-0.1, -0.05) is 5.21 Å². The molecule has 0 N–H and O–H groups in total. The van der Waals surface area contributed by atoms with E-state index < -0.39 is 10.0 Å². The van der Waals surface area contributed by atoms with Gasteiger partial charge in [0.25, 0.3) is 10.0 Å². The number of hydrogen-bond donors (Lipinski definition) is 0. The van der Waals surface area contributed by atoms with Crippen molar-refractivity contribution < 1.29 is 8.42 Å². The maximum atomic E-state index is 12.8. The standard InChI is InChI=1S/C11H17BrN4O2S/c1-15-11(10(12)13-14-15)19(17,18)16(6-8-2-3-8)7-9-4-5-9/h8-9H,2-7H2,1H3. The normalized spacial score (nSPS) is 20.2. The fourth-order valence-corrected chi connectivity index (χ4v) is 4.79. The molecule has 2 fully saturated rings. The van der Waals surface area contributed by atoms with Crippen molar-refractivity contribution in [2.75, 3.05) is 13.1 Å². The van der Waals surface area contributed by atoms with Crippen molar-refractivity contribution in [2.24, 2.45) is 18.9 Å². The van der Waals surface area contributed by atoms with Crippen LogP contribution in [0.5, 0.6) is 0 Å². The summed E-state index contributed by atoms with van der Waals surface area (Å²) in [5.41, 5.74) is 0. The van der Waals surface area contributed by atoms with Crippen molar-refractivity contribution >= 4 is 26.0 Å². The van der Waals surface area contributed by atoms with Crippen LogP contribution in [-0.4, -0.2) is 40.8 Å². The van der Waals surface area contributed by atoms with Crippen molar-refractivity contribution in [1.82, 2.24) is 19.3 Å². The highest BCUT2D eigenvalue weighted by atomic mass is 79.9. The summed E-state index contributed by atoms with van der Waals surface area (Å²) in [5, 5.41) is 7.71. The lowest BCUT2D eigenvalue weighted by atomic mass is 10.4. The molecule has 0 aromatic carbocycles. The van der Waals surface area contributed by atoms with Gasteiger partial charge in [-0.15, -0.1) is 5.10 Å². The van der Waals surface area contributed by atoms with E-state index in [1.54, 1.807) is 11.4 Å². The number of rotatable bonds is 6. The number of nitrogens with zero attached hydrogens (tertiary/aromatic N) is 4. The summed E-state index contributed by atoms with van der Waals surface area (Å²) >= 11 is 3.18.